The Hall–Kier alpha value is -2.57. The minimum absolute atomic E-state index is 0.303. The first kappa shape index (κ1) is 15.8. The number of carbonyl (C=O) groups excluding carboxylic acids is 2. The molecule has 2 nitrogen and oxygen atoms in total. The van der Waals surface area contributed by atoms with E-state index in [9.17, 15) is 31.5 Å². The topological polar surface area (TPSA) is 34.1 Å². The van der Waals surface area contributed by atoms with Crippen LogP contribution in [0, 0.1) is 11.6 Å². The number of hydrogen-bond acceptors (Lipinski definition) is 2. The van der Waals surface area contributed by atoms with Crippen LogP contribution in [-0.2, 0) is 6.18 Å². The predicted octanol–water partition coefficient (Wildman–Crippen LogP) is 4.05. The van der Waals surface area contributed by atoms with E-state index in [0.29, 0.717) is 30.3 Å². The van der Waals surface area contributed by atoms with Crippen molar-refractivity contribution in [1.82, 2.24) is 0 Å². The third kappa shape index (κ3) is 3.36. The van der Waals surface area contributed by atoms with Crippen molar-refractivity contribution in [3.8, 4) is 0 Å². The molecule has 0 bridgehead atoms. The van der Waals surface area contributed by atoms with Gasteiger partial charge in [0.25, 0.3) is 0 Å². The van der Waals surface area contributed by atoms with Crippen molar-refractivity contribution >= 4 is 11.6 Å². The highest BCUT2D eigenvalue weighted by Gasteiger charge is 2.30. The van der Waals surface area contributed by atoms with Gasteiger partial charge in [-0.15, -0.1) is 0 Å². The van der Waals surface area contributed by atoms with Crippen LogP contribution in [0.1, 0.15) is 26.3 Å². The maximum Gasteiger partial charge on any atom is 0.416 e. The van der Waals surface area contributed by atoms with E-state index in [1.807, 2.05) is 0 Å². The fraction of sp³-hybridized carbons (Fsp3) is 0.0667. The Kier molecular flexibility index (Phi) is 4.07. The van der Waals surface area contributed by atoms with Crippen LogP contribution in [0.25, 0.3) is 0 Å². The molecule has 114 valence electrons. The Bertz CT molecular complexity index is 712. The van der Waals surface area contributed by atoms with Gasteiger partial charge in [-0.25, -0.2) is 8.78 Å². The molecule has 7 heteroatoms. The first-order valence-electron chi connectivity index (χ1n) is 5.91. The molecule has 0 aliphatic rings. The first-order chi connectivity index (χ1) is 10.2. The summed E-state index contributed by atoms with van der Waals surface area (Å²) < 4.78 is 63.2. The molecule has 0 fully saturated rings. The van der Waals surface area contributed by atoms with Gasteiger partial charge < -0.3 is 0 Å². The van der Waals surface area contributed by atoms with Crippen molar-refractivity contribution in [3.05, 3.63) is 70.8 Å². The van der Waals surface area contributed by atoms with Crippen LogP contribution < -0.4 is 0 Å². The molecule has 0 amide bonds. The van der Waals surface area contributed by atoms with Gasteiger partial charge in [-0.1, -0.05) is 12.1 Å². The average Bonchev–Trinajstić information content (AvgIpc) is 2.44. The average molecular weight is 314 g/mol. The second-order valence-electron chi connectivity index (χ2n) is 4.39. The molecule has 0 saturated carbocycles. The summed E-state index contributed by atoms with van der Waals surface area (Å²) in [6.45, 7) is 0. The number of ketones is 2. The fourth-order valence-corrected chi connectivity index (χ4v) is 1.76. The third-order valence-electron chi connectivity index (χ3n) is 2.81. The molecule has 0 heterocycles. The van der Waals surface area contributed by atoms with E-state index in [4.69, 9.17) is 0 Å². The van der Waals surface area contributed by atoms with Crippen molar-refractivity contribution in [1.29, 1.82) is 0 Å². The molecular weight excluding hydrogens is 307 g/mol. The zero-order chi connectivity index (χ0) is 16.5. The van der Waals surface area contributed by atoms with Gasteiger partial charge in [-0.3, -0.25) is 9.59 Å². The molecule has 0 saturated heterocycles. The van der Waals surface area contributed by atoms with Crippen molar-refractivity contribution in [2.24, 2.45) is 0 Å². The van der Waals surface area contributed by atoms with Crippen molar-refractivity contribution in [2.75, 3.05) is 0 Å². The van der Waals surface area contributed by atoms with Gasteiger partial charge in [-0.2, -0.15) is 13.2 Å². The standard InChI is InChI=1S/C15H7F5O2/c16-11-5-9(6-12(17)7-11)14(22)13(21)8-1-3-10(4-2-8)15(18,19)20/h1-7H. The molecule has 0 unspecified atom stereocenters. The second kappa shape index (κ2) is 5.67. The Morgan fingerprint density at radius 3 is 1.64 bits per heavy atom. The lowest BCUT2D eigenvalue weighted by atomic mass is 10.0. The van der Waals surface area contributed by atoms with Crippen molar-refractivity contribution < 1.29 is 31.5 Å². The van der Waals surface area contributed by atoms with E-state index in [1.54, 1.807) is 0 Å². The van der Waals surface area contributed by atoms with Crippen LogP contribution in [0.3, 0.4) is 0 Å². The predicted molar refractivity (Wildman–Crippen MR) is 66.5 cm³/mol. The molecule has 0 atom stereocenters. The Labute approximate surface area is 121 Å². The third-order valence-corrected chi connectivity index (χ3v) is 2.81. The highest BCUT2D eigenvalue weighted by molar-refractivity contribution is 6.49. The number of halogens is 5. The summed E-state index contributed by atoms with van der Waals surface area (Å²) in [6, 6.07) is 4.83. The van der Waals surface area contributed by atoms with E-state index in [1.165, 1.54) is 0 Å². The minimum Gasteiger partial charge on any atom is -0.285 e. The number of Topliss-reactive ketones (excluding diaryl/α,β-unsaturated/α-hetero) is 2. The molecule has 2 aromatic carbocycles. The van der Waals surface area contributed by atoms with Gasteiger partial charge in [0.15, 0.2) is 0 Å². The summed E-state index contributed by atoms with van der Waals surface area (Å²) >= 11 is 0. The molecule has 0 N–H and O–H groups in total. The van der Waals surface area contributed by atoms with Crippen LogP contribution in [0.4, 0.5) is 22.0 Å². The number of hydrogen-bond donors (Lipinski definition) is 0. The van der Waals surface area contributed by atoms with E-state index < -0.39 is 40.5 Å². The molecule has 2 rings (SSSR count). The smallest absolute Gasteiger partial charge is 0.285 e. The number of carbonyl (C=O) groups is 2. The summed E-state index contributed by atoms with van der Waals surface area (Å²) in [4.78, 5) is 23.7. The van der Waals surface area contributed by atoms with Crippen LogP contribution in [0.5, 0.6) is 0 Å². The highest BCUT2D eigenvalue weighted by Crippen LogP contribution is 2.29. The normalized spacial score (nSPS) is 11.3. The van der Waals surface area contributed by atoms with E-state index >= 15 is 0 Å². The minimum atomic E-state index is -4.57. The zero-order valence-corrected chi connectivity index (χ0v) is 10.7. The molecule has 0 radical (unpaired) electrons. The highest BCUT2D eigenvalue weighted by atomic mass is 19.4. The second-order valence-corrected chi connectivity index (χ2v) is 4.39. The van der Waals surface area contributed by atoms with Crippen LogP contribution in [-0.4, -0.2) is 11.6 Å². The Morgan fingerprint density at radius 2 is 1.18 bits per heavy atom. The maximum absolute atomic E-state index is 13.0. The number of alkyl halides is 3. The SMILES string of the molecule is O=C(C(=O)c1cc(F)cc(F)c1)c1ccc(C(F)(F)F)cc1. The summed E-state index contributed by atoms with van der Waals surface area (Å²) in [6.07, 6.45) is -4.57. The lowest BCUT2D eigenvalue weighted by Gasteiger charge is -2.07. The molecule has 0 spiro atoms. The van der Waals surface area contributed by atoms with Gasteiger partial charge in [0.1, 0.15) is 11.6 Å². The van der Waals surface area contributed by atoms with Gasteiger partial charge >= 0.3 is 6.18 Å². The summed E-state index contributed by atoms with van der Waals surface area (Å²) in [7, 11) is 0. The fourth-order valence-electron chi connectivity index (χ4n) is 1.76. The molecule has 2 aromatic rings. The lowest BCUT2D eigenvalue weighted by molar-refractivity contribution is -0.137. The first-order valence-corrected chi connectivity index (χ1v) is 5.91. The van der Waals surface area contributed by atoms with Crippen LogP contribution >= 0.6 is 0 Å². The molecule has 0 aliphatic heterocycles. The van der Waals surface area contributed by atoms with Crippen molar-refractivity contribution in [3.63, 3.8) is 0 Å². The monoisotopic (exact) mass is 314 g/mol. The van der Waals surface area contributed by atoms with E-state index in [-0.39, 0.29) is 5.56 Å². The van der Waals surface area contributed by atoms with Crippen LogP contribution in [0.2, 0.25) is 0 Å². The van der Waals surface area contributed by atoms with E-state index in [0.717, 1.165) is 12.1 Å². The van der Waals surface area contributed by atoms with Crippen molar-refractivity contribution in [2.45, 2.75) is 6.18 Å². The lowest BCUT2D eigenvalue weighted by Crippen LogP contribution is -2.15. The zero-order valence-electron chi connectivity index (χ0n) is 10.7. The van der Waals surface area contributed by atoms with Gasteiger partial charge in [0, 0.05) is 17.2 Å². The maximum atomic E-state index is 13.0. The van der Waals surface area contributed by atoms with Crippen LogP contribution in [0.15, 0.2) is 42.5 Å². The van der Waals surface area contributed by atoms with E-state index in [2.05, 4.69) is 0 Å². The summed E-state index contributed by atoms with van der Waals surface area (Å²) in [5.41, 5.74) is -1.79. The Balaban J connectivity index is 2.29. The largest absolute Gasteiger partial charge is 0.416 e. The molecule has 22 heavy (non-hydrogen) atoms. The quantitative estimate of drug-likeness (QED) is 0.486. The summed E-state index contributed by atoms with van der Waals surface area (Å²) in [5.74, 6) is -4.44. The Morgan fingerprint density at radius 1 is 0.727 bits per heavy atom. The number of rotatable bonds is 3. The molecular formula is C15H7F5O2. The van der Waals surface area contributed by atoms with Gasteiger partial charge in [0.05, 0.1) is 5.56 Å². The van der Waals surface area contributed by atoms with Gasteiger partial charge in [0.2, 0.25) is 11.6 Å². The summed E-state index contributed by atoms with van der Waals surface area (Å²) in [5, 5.41) is 0. The molecule has 0 aliphatic carbocycles. The number of benzene rings is 2. The molecule has 0 aromatic heterocycles. The van der Waals surface area contributed by atoms with Gasteiger partial charge in [-0.05, 0) is 24.3 Å².